The number of carbonyl (C=O) groups is 2. The van der Waals surface area contributed by atoms with Crippen LogP contribution in [0.1, 0.15) is 21.8 Å². The minimum atomic E-state index is -0.287. The summed E-state index contributed by atoms with van der Waals surface area (Å²) in [5.41, 5.74) is 1.08. The lowest BCUT2D eigenvalue weighted by Gasteiger charge is -2.12. The lowest BCUT2D eigenvalue weighted by Crippen LogP contribution is -2.35. The SMILES string of the molecule is CN(C)CCCNC(=O)C(=Cc1cccn1C)NC(=O)c1cccs1. The molecule has 25 heavy (non-hydrogen) atoms. The van der Waals surface area contributed by atoms with Crippen molar-refractivity contribution in [3.8, 4) is 0 Å². The Balaban J connectivity index is 2.09. The number of rotatable bonds is 8. The van der Waals surface area contributed by atoms with Crippen molar-refractivity contribution in [1.29, 1.82) is 0 Å². The predicted octanol–water partition coefficient (Wildman–Crippen LogP) is 1.93. The maximum Gasteiger partial charge on any atom is 0.267 e. The first-order valence-corrected chi connectivity index (χ1v) is 8.96. The van der Waals surface area contributed by atoms with Gasteiger partial charge in [-0.15, -0.1) is 11.3 Å². The fourth-order valence-corrected chi connectivity index (χ4v) is 2.83. The van der Waals surface area contributed by atoms with Gasteiger partial charge in [0, 0.05) is 25.5 Å². The van der Waals surface area contributed by atoms with Crippen LogP contribution in [-0.2, 0) is 11.8 Å². The summed E-state index contributed by atoms with van der Waals surface area (Å²) in [5.74, 6) is -0.566. The van der Waals surface area contributed by atoms with E-state index in [1.54, 1.807) is 12.1 Å². The van der Waals surface area contributed by atoms with E-state index < -0.39 is 0 Å². The van der Waals surface area contributed by atoms with Crippen molar-refractivity contribution in [1.82, 2.24) is 20.1 Å². The molecule has 0 aliphatic rings. The molecule has 2 aromatic heterocycles. The maximum absolute atomic E-state index is 12.5. The molecule has 0 saturated carbocycles. The second-order valence-electron chi connectivity index (χ2n) is 5.95. The number of aromatic nitrogens is 1. The Labute approximate surface area is 152 Å². The van der Waals surface area contributed by atoms with Gasteiger partial charge in [0.05, 0.1) is 4.88 Å². The van der Waals surface area contributed by atoms with E-state index in [4.69, 9.17) is 0 Å². The first-order chi connectivity index (χ1) is 12.0. The summed E-state index contributed by atoms with van der Waals surface area (Å²) in [7, 11) is 5.87. The standard InChI is InChI=1S/C18H24N4O2S/c1-21(2)10-6-9-19-17(23)15(13-14-7-4-11-22(14)3)20-18(24)16-8-5-12-25-16/h4-5,7-8,11-13H,6,9-10H2,1-3H3,(H,19,23)(H,20,24). The molecule has 2 heterocycles. The van der Waals surface area contributed by atoms with Crippen molar-refractivity contribution in [2.45, 2.75) is 6.42 Å². The minimum absolute atomic E-state index is 0.241. The third kappa shape index (κ3) is 5.88. The first kappa shape index (κ1) is 19.0. The smallest absolute Gasteiger partial charge is 0.267 e. The van der Waals surface area contributed by atoms with Crippen molar-refractivity contribution in [2.24, 2.45) is 7.05 Å². The summed E-state index contributed by atoms with van der Waals surface area (Å²) < 4.78 is 1.89. The van der Waals surface area contributed by atoms with Gasteiger partial charge in [0.1, 0.15) is 5.70 Å². The highest BCUT2D eigenvalue weighted by molar-refractivity contribution is 7.12. The van der Waals surface area contributed by atoms with Crippen LogP contribution in [0.3, 0.4) is 0 Å². The summed E-state index contributed by atoms with van der Waals surface area (Å²) in [6.45, 7) is 1.44. The second kappa shape index (κ2) is 9.19. The summed E-state index contributed by atoms with van der Waals surface area (Å²) in [6, 6.07) is 7.31. The van der Waals surface area contributed by atoms with Crippen LogP contribution in [0, 0.1) is 0 Å². The fraction of sp³-hybridized carbons (Fsp3) is 0.333. The van der Waals surface area contributed by atoms with Gasteiger partial charge in [-0.1, -0.05) is 6.07 Å². The Hall–Kier alpha value is -2.38. The van der Waals surface area contributed by atoms with Gasteiger partial charge in [-0.05, 0) is 56.7 Å². The maximum atomic E-state index is 12.5. The molecule has 0 aliphatic carbocycles. The molecular weight excluding hydrogens is 336 g/mol. The highest BCUT2D eigenvalue weighted by Gasteiger charge is 2.15. The largest absolute Gasteiger partial charge is 0.351 e. The minimum Gasteiger partial charge on any atom is -0.351 e. The topological polar surface area (TPSA) is 66.4 Å². The van der Waals surface area contributed by atoms with Crippen LogP contribution in [0.2, 0.25) is 0 Å². The molecule has 0 radical (unpaired) electrons. The number of hydrogen-bond donors (Lipinski definition) is 2. The summed E-state index contributed by atoms with van der Waals surface area (Å²) in [6.07, 6.45) is 4.42. The van der Waals surface area contributed by atoms with Gasteiger partial charge in [-0.25, -0.2) is 0 Å². The van der Waals surface area contributed by atoms with E-state index in [9.17, 15) is 9.59 Å². The molecule has 2 aromatic rings. The average Bonchev–Trinajstić information content (AvgIpc) is 3.23. The van der Waals surface area contributed by atoms with E-state index in [1.807, 2.05) is 55.5 Å². The molecule has 0 atom stereocenters. The van der Waals surface area contributed by atoms with Gasteiger partial charge in [0.25, 0.3) is 11.8 Å². The van der Waals surface area contributed by atoms with E-state index in [1.165, 1.54) is 11.3 Å². The van der Waals surface area contributed by atoms with Crippen LogP contribution in [0.15, 0.2) is 41.5 Å². The number of aryl methyl sites for hydroxylation is 1. The number of amides is 2. The molecule has 0 saturated heterocycles. The number of thiophene rings is 1. The molecule has 0 aromatic carbocycles. The predicted molar refractivity (Wildman–Crippen MR) is 101 cm³/mol. The molecule has 0 spiro atoms. The second-order valence-corrected chi connectivity index (χ2v) is 6.89. The number of nitrogens with one attached hydrogen (secondary N) is 2. The first-order valence-electron chi connectivity index (χ1n) is 8.08. The Morgan fingerprint density at radius 2 is 2.08 bits per heavy atom. The van der Waals surface area contributed by atoms with Gasteiger partial charge in [-0.3, -0.25) is 9.59 Å². The average molecular weight is 360 g/mol. The zero-order valence-corrected chi connectivity index (χ0v) is 15.6. The van der Waals surface area contributed by atoms with E-state index in [0.717, 1.165) is 18.7 Å². The zero-order chi connectivity index (χ0) is 18.2. The van der Waals surface area contributed by atoms with Gasteiger partial charge < -0.3 is 20.1 Å². The highest BCUT2D eigenvalue weighted by atomic mass is 32.1. The normalized spacial score (nSPS) is 11.6. The third-order valence-corrected chi connectivity index (χ3v) is 4.45. The van der Waals surface area contributed by atoms with E-state index in [0.29, 0.717) is 11.4 Å². The number of hydrogen-bond acceptors (Lipinski definition) is 4. The van der Waals surface area contributed by atoms with Crippen molar-refractivity contribution in [2.75, 3.05) is 27.2 Å². The van der Waals surface area contributed by atoms with Crippen LogP contribution in [0.4, 0.5) is 0 Å². The third-order valence-electron chi connectivity index (χ3n) is 3.58. The number of carbonyl (C=O) groups excluding carboxylic acids is 2. The van der Waals surface area contributed by atoms with Crippen LogP contribution < -0.4 is 10.6 Å². The monoisotopic (exact) mass is 360 g/mol. The quantitative estimate of drug-likeness (QED) is 0.558. The highest BCUT2D eigenvalue weighted by Crippen LogP contribution is 2.11. The van der Waals surface area contributed by atoms with E-state index >= 15 is 0 Å². The van der Waals surface area contributed by atoms with Crippen LogP contribution >= 0.6 is 11.3 Å². The zero-order valence-electron chi connectivity index (χ0n) is 14.8. The molecule has 134 valence electrons. The fourth-order valence-electron chi connectivity index (χ4n) is 2.21. The summed E-state index contributed by atoms with van der Waals surface area (Å²) >= 11 is 1.34. The van der Waals surface area contributed by atoms with Gasteiger partial charge in [0.2, 0.25) is 0 Å². The van der Waals surface area contributed by atoms with Crippen molar-refractivity contribution in [3.63, 3.8) is 0 Å². The lowest BCUT2D eigenvalue weighted by atomic mass is 10.2. The molecule has 0 bridgehead atoms. The molecule has 6 nitrogen and oxygen atoms in total. The van der Waals surface area contributed by atoms with Crippen LogP contribution in [0.5, 0.6) is 0 Å². The molecule has 0 fully saturated rings. The summed E-state index contributed by atoms with van der Waals surface area (Å²) in [4.78, 5) is 27.5. The Kier molecular flexibility index (Phi) is 6.97. The van der Waals surface area contributed by atoms with E-state index in [2.05, 4.69) is 15.5 Å². The molecule has 0 aliphatic heterocycles. The van der Waals surface area contributed by atoms with Crippen LogP contribution in [-0.4, -0.2) is 48.5 Å². The molecule has 2 amide bonds. The van der Waals surface area contributed by atoms with Gasteiger partial charge in [0.15, 0.2) is 0 Å². The lowest BCUT2D eigenvalue weighted by molar-refractivity contribution is -0.117. The van der Waals surface area contributed by atoms with E-state index in [-0.39, 0.29) is 17.5 Å². The van der Waals surface area contributed by atoms with Crippen LogP contribution in [0.25, 0.3) is 6.08 Å². The molecule has 2 N–H and O–H groups in total. The van der Waals surface area contributed by atoms with Crippen molar-refractivity contribution >= 4 is 29.2 Å². The Morgan fingerprint density at radius 3 is 2.68 bits per heavy atom. The molecule has 2 rings (SSSR count). The molecular formula is C18H24N4O2S. The summed E-state index contributed by atoms with van der Waals surface area (Å²) in [5, 5.41) is 7.43. The molecule has 7 heteroatoms. The van der Waals surface area contributed by atoms with Crippen molar-refractivity contribution in [3.05, 3.63) is 52.1 Å². The Bertz CT molecular complexity index is 732. The van der Waals surface area contributed by atoms with Gasteiger partial charge >= 0.3 is 0 Å². The Morgan fingerprint density at radius 1 is 1.28 bits per heavy atom. The molecule has 0 unspecified atom stereocenters. The van der Waals surface area contributed by atoms with Gasteiger partial charge in [-0.2, -0.15) is 0 Å². The number of nitrogens with zero attached hydrogens (tertiary/aromatic N) is 2. The van der Waals surface area contributed by atoms with Crippen molar-refractivity contribution < 1.29 is 9.59 Å².